The van der Waals surface area contributed by atoms with E-state index < -0.39 is 0 Å². The Bertz CT molecular complexity index is 587. The molecular weight excluding hydrogens is 244 g/mol. The Hall–Kier alpha value is -2.08. The minimum atomic E-state index is 0.103. The van der Waals surface area contributed by atoms with Crippen LogP contribution in [0.3, 0.4) is 0 Å². The lowest BCUT2D eigenvalue weighted by molar-refractivity contribution is -0.119. The molecule has 1 amide bonds. The van der Waals surface area contributed by atoms with Crippen LogP contribution >= 0.6 is 0 Å². The van der Waals surface area contributed by atoms with Crippen molar-refractivity contribution >= 4 is 5.91 Å². The average Bonchev–Trinajstić information content (AvgIpc) is 3.07. The molecule has 1 fully saturated rings. The van der Waals surface area contributed by atoms with E-state index in [1.807, 2.05) is 19.1 Å². The fourth-order valence-corrected chi connectivity index (χ4v) is 2.23. The first-order valence-corrected chi connectivity index (χ1v) is 6.31. The van der Waals surface area contributed by atoms with Crippen LogP contribution in [0.15, 0.2) is 22.7 Å². The summed E-state index contributed by atoms with van der Waals surface area (Å²) in [5.41, 5.74) is 1.92. The van der Waals surface area contributed by atoms with E-state index in [9.17, 15) is 4.79 Å². The summed E-state index contributed by atoms with van der Waals surface area (Å²) in [5.74, 6) is 1.76. The summed E-state index contributed by atoms with van der Waals surface area (Å²) < 4.78 is 5.59. The van der Waals surface area contributed by atoms with Crippen molar-refractivity contribution < 1.29 is 9.21 Å². The van der Waals surface area contributed by atoms with Gasteiger partial charge >= 0.3 is 0 Å². The van der Waals surface area contributed by atoms with Gasteiger partial charge in [0.1, 0.15) is 11.5 Å². The summed E-state index contributed by atoms with van der Waals surface area (Å²) in [6, 6.07) is 4.04. The molecule has 100 valence electrons. The third-order valence-electron chi connectivity index (χ3n) is 3.26. The molecule has 1 unspecified atom stereocenters. The molecule has 2 aromatic heterocycles. The molecule has 1 saturated heterocycles. The number of nitrogens with zero attached hydrogens (tertiary/aromatic N) is 1. The Morgan fingerprint density at radius 1 is 1.53 bits per heavy atom. The average molecular weight is 260 g/mol. The maximum absolute atomic E-state index is 11.1. The highest BCUT2D eigenvalue weighted by Gasteiger charge is 2.21. The van der Waals surface area contributed by atoms with E-state index in [0.29, 0.717) is 19.5 Å². The molecule has 0 saturated carbocycles. The van der Waals surface area contributed by atoms with Crippen LogP contribution in [-0.4, -0.2) is 28.7 Å². The van der Waals surface area contributed by atoms with E-state index in [1.54, 1.807) is 6.20 Å². The van der Waals surface area contributed by atoms with Gasteiger partial charge < -0.3 is 15.1 Å². The molecule has 0 radical (unpaired) electrons. The summed E-state index contributed by atoms with van der Waals surface area (Å²) in [7, 11) is 0. The Morgan fingerprint density at radius 3 is 3.11 bits per heavy atom. The van der Waals surface area contributed by atoms with Crippen molar-refractivity contribution in [3.63, 3.8) is 0 Å². The van der Waals surface area contributed by atoms with Gasteiger partial charge in [-0.05, 0) is 19.1 Å². The number of nitrogens with one attached hydrogen (secondary N) is 3. The van der Waals surface area contributed by atoms with Crippen LogP contribution < -0.4 is 10.6 Å². The number of aromatic amines is 1. The van der Waals surface area contributed by atoms with Crippen LogP contribution in [0.5, 0.6) is 0 Å². The molecule has 0 aliphatic carbocycles. The number of furan rings is 1. The SMILES string of the molecule is Cc1ccc(-c2[nH]ncc2CNC2CNC(=O)C2)o1. The third kappa shape index (κ3) is 2.53. The Labute approximate surface area is 110 Å². The molecular formula is C13H16N4O2. The molecule has 6 heteroatoms. The standard InChI is InChI=1S/C13H16N4O2/c1-8-2-3-11(19-8)13-9(6-16-17-13)5-14-10-4-12(18)15-7-10/h2-3,6,10,14H,4-5,7H2,1H3,(H,15,18)(H,16,17). The van der Waals surface area contributed by atoms with Gasteiger partial charge in [-0.3, -0.25) is 9.89 Å². The molecule has 3 N–H and O–H groups in total. The molecule has 0 spiro atoms. The van der Waals surface area contributed by atoms with E-state index in [4.69, 9.17) is 4.42 Å². The smallest absolute Gasteiger partial charge is 0.221 e. The molecule has 6 nitrogen and oxygen atoms in total. The fourth-order valence-electron chi connectivity index (χ4n) is 2.23. The second-order valence-electron chi connectivity index (χ2n) is 4.77. The van der Waals surface area contributed by atoms with E-state index in [2.05, 4.69) is 20.8 Å². The van der Waals surface area contributed by atoms with Crippen molar-refractivity contribution in [2.45, 2.75) is 25.9 Å². The second kappa shape index (κ2) is 4.89. The van der Waals surface area contributed by atoms with Gasteiger partial charge in [0.05, 0.1) is 6.20 Å². The number of carbonyl (C=O) groups excluding carboxylic acids is 1. The van der Waals surface area contributed by atoms with Crippen LogP contribution in [0.4, 0.5) is 0 Å². The molecule has 1 atom stereocenters. The molecule has 1 aliphatic rings. The first-order chi connectivity index (χ1) is 9.22. The number of H-pyrrole nitrogens is 1. The van der Waals surface area contributed by atoms with Crippen molar-refractivity contribution in [3.05, 3.63) is 29.7 Å². The maximum Gasteiger partial charge on any atom is 0.221 e. The lowest BCUT2D eigenvalue weighted by Gasteiger charge is -2.09. The minimum absolute atomic E-state index is 0.103. The Morgan fingerprint density at radius 2 is 2.42 bits per heavy atom. The number of amides is 1. The van der Waals surface area contributed by atoms with Gasteiger partial charge in [0.25, 0.3) is 0 Å². The number of carbonyl (C=O) groups is 1. The zero-order valence-electron chi connectivity index (χ0n) is 10.7. The van der Waals surface area contributed by atoms with Crippen molar-refractivity contribution in [1.82, 2.24) is 20.8 Å². The van der Waals surface area contributed by atoms with Crippen molar-refractivity contribution in [3.8, 4) is 11.5 Å². The lowest BCUT2D eigenvalue weighted by Crippen LogP contribution is -2.30. The summed E-state index contributed by atoms with van der Waals surface area (Å²) >= 11 is 0. The molecule has 19 heavy (non-hydrogen) atoms. The van der Waals surface area contributed by atoms with Crippen LogP contribution in [0, 0.1) is 6.92 Å². The Kier molecular flexibility index (Phi) is 3.08. The highest BCUT2D eigenvalue weighted by molar-refractivity contribution is 5.78. The zero-order valence-corrected chi connectivity index (χ0v) is 10.7. The van der Waals surface area contributed by atoms with Crippen LogP contribution in [0.25, 0.3) is 11.5 Å². The summed E-state index contributed by atoms with van der Waals surface area (Å²) in [4.78, 5) is 11.1. The van der Waals surface area contributed by atoms with Crippen LogP contribution in [0.2, 0.25) is 0 Å². The zero-order chi connectivity index (χ0) is 13.2. The van der Waals surface area contributed by atoms with E-state index in [-0.39, 0.29) is 11.9 Å². The van der Waals surface area contributed by atoms with Gasteiger partial charge in [-0.2, -0.15) is 5.10 Å². The number of aromatic nitrogens is 2. The summed E-state index contributed by atoms with van der Waals surface area (Å²) in [6.07, 6.45) is 2.32. The minimum Gasteiger partial charge on any atom is -0.460 e. The second-order valence-corrected chi connectivity index (χ2v) is 4.77. The summed E-state index contributed by atoms with van der Waals surface area (Å²) in [5, 5.41) is 13.2. The van der Waals surface area contributed by atoms with Gasteiger partial charge in [0.15, 0.2) is 5.76 Å². The number of rotatable bonds is 4. The highest BCUT2D eigenvalue weighted by Crippen LogP contribution is 2.23. The molecule has 3 rings (SSSR count). The number of aryl methyl sites for hydroxylation is 1. The molecule has 3 heterocycles. The monoisotopic (exact) mass is 260 g/mol. The molecule has 0 aromatic carbocycles. The molecule has 2 aromatic rings. The van der Waals surface area contributed by atoms with Gasteiger partial charge in [-0.25, -0.2) is 0 Å². The van der Waals surface area contributed by atoms with Crippen LogP contribution in [0.1, 0.15) is 17.7 Å². The number of hydrogen-bond acceptors (Lipinski definition) is 4. The third-order valence-corrected chi connectivity index (χ3v) is 3.26. The topological polar surface area (TPSA) is 83.0 Å². The first-order valence-electron chi connectivity index (χ1n) is 6.31. The van der Waals surface area contributed by atoms with Crippen LogP contribution in [-0.2, 0) is 11.3 Å². The lowest BCUT2D eigenvalue weighted by atomic mass is 10.2. The van der Waals surface area contributed by atoms with Gasteiger partial charge in [-0.15, -0.1) is 0 Å². The van der Waals surface area contributed by atoms with Crippen molar-refractivity contribution in [2.75, 3.05) is 6.54 Å². The molecule has 1 aliphatic heterocycles. The number of hydrogen-bond donors (Lipinski definition) is 3. The largest absolute Gasteiger partial charge is 0.460 e. The van der Waals surface area contributed by atoms with E-state index >= 15 is 0 Å². The van der Waals surface area contributed by atoms with E-state index in [1.165, 1.54) is 0 Å². The fraction of sp³-hybridized carbons (Fsp3) is 0.385. The predicted octanol–water partition coefficient (Wildman–Crippen LogP) is 0.956. The van der Waals surface area contributed by atoms with Gasteiger partial charge in [-0.1, -0.05) is 0 Å². The highest BCUT2D eigenvalue weighted by atomic mass is 16.3. The Balaban J connectivity index is 1.69. The maximum atomic E-state index is 11.1. The van der Waals surface area contributed by atoms with E-state index in [0.717, 1.165) is 22.8 Å². The van der Waals surface area contributed by atoms with Crippen molar-refractivity contribution in [2.24, 2.45) is 0 Å². The van der Waals surface area contributed by atoms with Crippen molar-refractivity contribution in [1.29, 1.82) is 0 Å². The predicted molar refractivity (Wildman–Crippen MR) is 69.3 cm³/mol. The first kappa shape index (κ1) is 12.0. The molecule has 0 bridgehead atoms. The van der Waals surface area contributed by atoms with Gasteiger partial charge in [0, 0.05) is 31.1 Å². The van der Waals surface area contributed by atoms with Gasteiger partial charge in [0.2, 0.25) is 5.91 Å². The summed E-state index contributed by atoms with van der Waals surface area (Å²) in [6.45, 7) is 3.25. The quantitative estimate of drug-likeness (QED) is 0.764. The normalized spacial score (nSPS) is 18.8.